The molecule has 0 saturated heterocycles. The van der Waals surface area contributed by atoms with E-state index in [2.05, 4.69) is 0 Å². The van der Waals surface area contributed by atoms with Gasteiger partial charge in [-0.15, -0.1) is 12.4 Å². The minimum absolute atomic E-state index is 0. The van der Waals surface area contributed by atoms with Crippen molar-refractivity contribution in [2.24, 2.45) is 0 Å². The van der Waals surface area contributed by atoms with Crippen LogP contribution < -0.4 is 0 Å². The zero-order chi connectivity index (χ0) is 0. The molecule has 0 aliphatic carbocycles. The second-order valence-corrected chi connectivity index (χ2v) is 0. The van der Waals surface area contributed by atoms with Crippen LogP contribution in [0.25, 0.3) is 0 Å². The van der Waals surface area contributed by atoms with E-state index in [-0.39, 0.29) is 105 Å². The van der Waals surface area contributed by atoms with Gasteiger partial charge in [-0.1, -0.05) is 0 Å². The summed E-state index contributed by atoms with van der Waals surface area (Å²) in [4.78, 5) is 0. The molecule has 0 aromatic heterocycles. The molecular weight excluding hydrogens is 236 g/mol. The van der Waals surface area contributed by atoms with Gasteiger partial charge in [0.1, 0.15) is 0 Å². The SMILES string of the molecule is Cl.O.O.O.O.O.O.O.O.O.O.[CaH2]. The van der Waals surface area contributed by atoms with Crippen LogP contribution in [0.2, 0.25) is 0 Å². The Labute approximate surface area is 104 Å². The standard InChI is InChI=1S/Ca.ClH.10H2O.2H/h;1H;10*1H2;;. The van der Waals surface area contributed by atoms with Crippen molar-refractivity contribution in [3.63, 3.8) is 0 Å². The van der Waals surface area contributed by atoms with E-state index in [0.29, 0.717) is 0 Å². The van der Waals surface area contributed by atoms with Crippen LogP contribution in [0.1, 0.15) is 0 Å². The summed E-state index contributed by atoms with van der Waals surface area (Å²) in [6, 6.07) is 0. The first-order valence-corrected chi connectivity index (χ1v) is 0. The molecule has 0 bridgehead atoms. The third-order valence-corrected chi connectivity index (χ3v) is 0. The quantitative estimate of drug-likeness (QED) is 0.365. The molecule has 0 atom stereocenters. The van der Waals surface area contributed by atoms with Gasteiger partial charge >= 0.3 is 37.7 Å². The Morgan fingerprint density at radius 1 is 0.250 bits per heavy atom. The molecule has 0 rings (SSSR count). The molecule has 0 aromatic rings. The van der Waals surface area contributed by atoms with Crippen LogP contribution in [0.4, 0.5) is 0 Å². The third-order valence-electron chi connectivity index (χ3n) is 0. The fraction of sp³-hybridized carbons (Fsp3) is 0. The summed E-state index contributed by atoms with van der Waals surface area (Å²) in [5, 5.41) is 0. The predicted octanol–water partition coefficient (Wildman–Crippen LogP) is -8.74. The van der Waals surface area contributed by atoms with Crippen molar-refractivity contribution in [1.29, 1.82) is 0 Å². The van der Waals surface area contributed by atoms with Crippen LogP contribution in [0, 0.1) is 0 Å². The second-order valence-electron chi connectivity index (χ2n) is 0. The molecule has 20 N–H and O–H groups in total. The molecule has 10 nitrogen and oxygen atoms in total. The number of rotatable bonds is 0. The van der Waals surface area contributed by atoms with Gasteiger partial charge in [0.2, 0.25) is 0 Å². The van der Waals surface area contributed by atoms with Gasteiger partial charge in [-0.05, 0) is 0 Å². The molecule has 12 heavy (non-hydrogen) atoms. The van der Waals surface area contributed by atoms with E-state index in [4.69, 9.17) is 0 Å². The van der Waals surface area contributed by atoms with Gasteiger partial charge in [0.15, 0.2) is 0 Å². The van der Waals surface area contributed by atoms with Crippen molar-refractivity contribution in [2.75, 3.05) is 0 Å². The molecule has 0 radical (unpaired) electrons. The molecule has 0 unspecified atom stereocenters. The Kier molecular flexibility index (Phi) is 140000. The molecule has 0 amide bonds. The zero-order valence-electron chi connectivity index (χ0n) is 5.41. The number of hydrogen-bond donors (Lipinski definition) is 0. The van der Waals surface area contributed by atoms with Gasteiger partial charge in [-0.25, -0.2) is 0 Å². The van der Waals surface area contributed by atoms with Gasteiger partial charge in [-0.3, -0.25) is 0 Å². The summed E-state index contributed by atoms with van der Waals surface area (Å²) >= 11 is 0. The summed E-state index contributed by atoms with van der Waals surface area (Å²) in [6.45, 7) is 0. The monoisotopic (exact) mass is 258 g/mol. The van der Waals surface area contributed by atoms with Crippen molar-refractivity contribution in [1.82, 2.24) is 0 Å². The fourth-order valence-corrected chi connectivity index (χ4v) is 0. The Morgan fingerprint density at radius 2 is 0.250 bits per heavy atom. The van der Waals surface area contributed by atoms with E-state index in [1.54, 1.807) is 0 Å². The molecule has 0 aromatic carbocycles. The fourth-order valence-electron chi connectivity index (χ4n) is 0. The average molecular weight is 259 g/mol. The van der Waals surface area contributed by atoms with Crippen LogP contribution in [0.15, 0.2) is 0 Å². The first-order valence-electron chi connectivity index (χ1n) is 0. The van der Waals surface area contributed by atoms with E-state index < -0.39 is 0 Å². The van der Waals surface area contributed by atoms with Gasteiger partial charge in [-0.2, -0.15) is 0 Å². The van der Waals surface area contributed by atoms with Crippen molar-refractivity contribution in [3.8, 4) is 0 Å². The third kappa shape index (κ3) is 869. The molecule has 0 fully saturated rings. The summed E-state index contributed by atoms with van der Waals surface area (Å²) in [7, 11) is 0. The topological polar surface area (TPSA) is 315 Å². The normalized spacial score (nSPS) is 0. The molecule has 0 heterocycles. The van der Waals surface area contributed by atoms with E-state index in [9.17, 15) is 0 Å². The van der Waals surface area contributed by atoms with Crippen LogP contribution in [-0.4, -0.2) is 92.5 Å². The van der Waals surface area contributed by atoms with Gasteiger partial charge in [0.25, 0.3) is 0 Å². The predicted molar refractivity (Wildman–Crippen MR) is 51.9 cm³/mol. The maximum absolute atomic E-state index is 0. The molecule has 0 spiro atoms. The molecule has 0 saturated carbocycles. The van der Waals surface area contributed by atoms with Gasteiger partial charge in [0, 0.05) is 0 Å². The van der Waals surface area contributed by atoms with Crippen molar-refractivity contribution >= 4 is 50.1 Å². The average Bonchev–Trinajstić information content (AvgIpc) is 0. The van der Waals surface area contributed by atoms with Crippen LogP contribution in [0.5, 0.6) is 0 Å². The molecule has 0 aliphatic rings. The molecule has 12 heteroatoms. The van der Waals surface area contributed by atoms with E-state index in [0.717, 1.165) is 0 Å². The zero-order valence-corrected chi connectivity index (χ0v) is 6.22. The second kappa shape index (κ2) is 1140. The Balaban J connectivity index is 0. The van der Waals surface area contributed by atoms with Crippen molar-refractivity contribution < 1.29 is 54.8 Å². The van der Waals surface area contributed by atoms with Crippen LogP contribution >= 0.6 is 12.4 Å². The summed E-state index contributed by atoms with van der Waals surface area (Å²) in [5.41, 5.74) is 0. The Morgan fingerprint density at radius 3 is 0.250 bits per heavy atom. The number of hydrogen-bond acceptors (Lipinski definition) is 0. The first-order chi connectivity index (χ1) is 0. The molecular formula is H23CaClO10. The van der Waals surface area contributed by atoms with Crippen molar-refractivity contribution in [3.05, 3.63) is 0 Å². The molecule has 0 aliphatic heterocycles. The van der Waals surface area contributed by atoms with E-state index >= 15 is 0 Å². The minimum atomic E-state index is 0. The van der Waals surface area contributed by atoms with Crippen LogP contribution in [-0.2, 0) is 0 Å². The summed E-state index contributed by atoms with van der Waals surface area (Å²) in [6.07, 6.45) is 0. The van der Waals surface area contributed by atoms with E-state index in [1.807, 2.05) is 0 Å². The van der Waals surface area contributed by atoms with Gasteiger partial charge in [0.05, 0.1) is 0 Å². The Bertz CT molecular complexity index is 9.80. The first kappa shape index (κ1) is 1470. The van der Waals surface area contributed by atoms with Crippen LogP contribution in [0.3, 0.4) is 0 Å². The molecule has 92 valence electrons. The van der Waals surface area contributed by atoms with E-state index in [1.165, 1.54) is 0 Å². The number of halogens is 1. The van der Waals surface area contributed by atoms with Gasteiger partial charge < -0.3 is 54.8 Å². The van der Waals surface area contributed by atoms with Crippen molar-refractivity contribution in [2.45, 2.75) is 0 Å². The Hall–Kier alpha value is 1.15. The summed E-state index contributed by atoms with van der Waals surface area (Å²) < 4.78 is 0. The summed E-state index contributed by atoms with van der Waals surface area (Å²) in [5.74, 6) is 0. The maximum atomic E-state index is 0.